The molecule has 0 bridgehead atoms. The Balaban J connectivity index is 1.90. The number of thioether (sulfide) groups is 1. The lowest BCUT2D eigenvalue weighted by Crippen LogP contribution is -2.21. The van der Waals surface area contributed by atoms with E-state index in [1.54, 1.807) is 7.11 Å². The number of ether oxygens (including phenoxy) is 1. The maximum absolute atomic E-state index is 5.81. The second kappa shape index (κ2) is 6.97. The molecule has 1 N–H and O–H groups in total. The maximum atomic E-state index is 5.81. The monoisotopic (exact) mass is 307 g/mol. The molecule has 0 spiro atoms. The zero-order valence-corrected chi connectivity index (χ0v) is 13.8. The average molecular weight is 307 g/mol. The van der Waals surface area contributed by atoms with E-state index < -0.39 is 0 Å². The molecule has 116 valence electrons. The summed E-state index contributed by atoms with van der Waals surface area (Å²) in [5.74, 6) is 4.52. The van der Waals surface area contributed by atoms with Crippen molar-refractivity contribution < 1.29 is 4.74 Å². The van der Waals surface area contributed by atoms with Crippen LogP contribution in [-0.4, -0.2) is 23.6 Å². The second-order valence-electron chi connectivity index (χ2n) is 5.93. The van der Waals surface area contributed by atoms with Gasteiger partial charge in [0.1, 0.15) is 11.9 Å². The van der Waals surface area contributed by atoms with E-state index in [9.17, 15) is 0 Å². The van der Waals surface area contributed by atoms with Crippen molar-refractivity contribution in [3.05, 3.63) is 17.1 Å². The van der Waals surface area contributed by atoms with Gasteiger partial charge in [-0.15, -0.1) is 0 Å². The molecule has 5 heteroatoms. The van der Waals surface area contributed by atoms with Crippen molar-refractivity contribution in [2.24, 2.45) is 5.92 Å². The standard InChI is InChI=1S/C16H25N3OS/c1-3-17-15-12-9-21-10-13(12)18-16(19-15)14(20-2)11-7-5-4-6-8-11/h11,14H,3-10H2,1-2H3,(H,17,18,19). The van der Waals surface area contributed by atoms with E-state index in [-0.39, 0.29) is 6.10 Å². The lowest BCUT2D eigenvalue weighted by Gasteiger charge is -2.28. The van der Waals surface area contributed by atoms with Crippen molar-refractivity contribution in [1.82, 2.24) is 9.97 Å². The Morgan fingerprint density at radius 2 is 2.05 bits per heavy atom. The molecule has 3 rings (SSSR count). The number of aromatic nitrogens is 2. The smallest absolute Gasteiger partial charge is 0.160 e. The Hall–Kier alpha value is -0.810. The first-order valence-electron chi connectivity index (χ1n) is 8.07. The fourth-order valence-electron chi connectivity index (χ4n) is 3.46. The van der Waals surface area contributed by atoms with Crippen molar-refractivity contribution in [2.75, 3.05) is 19.0 Å². The van der Waals surface area contributed by atoms with Crippen LogP contribution < -0.4 is 5.32 Å². The largest absolute Gasteiger partial charge is 0.373 e. The normalized spacial score (nSPS) is 20.3. The first-order chi connectivity index (χ1) is 10.3. The minimum Gasteiger partial charge on any atom is -0.373 e. The van der Waals surface area contributed by atoms with Crippen LogP contribution in [0.3, 0.4) is 0 Å². The minimum absolute atomic E-state index is 0.0543. The second-order valence-corrected chi connectivity index (χ2v) is 6.92. The lowest BCUT2D eigenvalue weighted by atomic mass is 9.85. The first kappa shape index (κ1) is 15.1. The third-order valence-electron chi connectivity index (χ3n) is 4.53. The molecule has 0 amide bonds. The molecule has 0 aromatic carbocycles. The van der Waals surface area contributed by atoms with E-state index in [1.807, 2.05) is 11.8 Å². The van der Waals surface area contributed by atoms with Crippen LogP contribution in [0, 0.1) is 5.92 Å². The van der Waals surface area contributed by atoms with Crippen molar-refractivity contribution in [1.29, 1.82) is 0 Å². The van der Waals surface area contributed by atoms with Gasteiger partial charge in [-0.3, -0.25) is 0 Å². The SMILES string of the molecule is CCNc1nc(C(OC)C2CCCCC2)nc2c1CSC2. The van der Waals surface area contributed by atoms with Gasteiger partial charge in [-0.2, -0.15) is 11.8 Å². The Kier molecular flexibility index (Phi) is 5.01. The summed E-state index contributed by atoms with van der Waals surface area (Å²) in [6, 6.07) is 0. The number of nitrogens with one attached hydrogen (secondary N) is 1. The lowest BCUT2D eigenvalue weighted by molar-refractivity contribution is 0.0289. The van der Waals surface area contributed by atoms with E-state index >= 15 is 0 Å². The van der Waals surface area contributed by atoms with E-state index in [4.69, 9.17) is 14.7 Å². The van der Waals surface area contributed by atoms with Crippen molar-refractivity contribution in [3.8, 4) is 0 Å². The van der Waals surface area contributed by atoms with E-state index in [2.05, 4.69) is 12.2 Å². The van der Waals surface area contributed by atoms with Gasteiger partial charge in [0.2, 0.25) is 0 Å². The summed E-state index contributed by atoms with van der Waals surface area (Å²) in [5, 5.41) is 3.41. The molecular formula is C16H25N3OS. The van der Waals surface area contributed by atoms with Crippen molar-refractivity contribution >= 4 is 17.6 Å². The van der Waals surface area contributed by atoms with Crippen molar-refractivity contribution in [3.63, 3.8) is 0 Å². The molecule has 0 radical (unpaired) electrons. The number of anilines is 1. The summed E-state index contributed by atoms with van der Waals surface area (Å²) in [6.45, 7) is 3.01. The van der Waals surface area contributed by atoms with Gasteiger partial charge in [0.05, 0.1) is 5.69 Å². The summed E-state index contributed by atoms with van der Waals surface area (Å²) in [5.41, 5.74) is 2.50. The topological polar surface area (TPSA) is 47.0 Å². The van der Waals surface area contributed by atoms with Crippen LogP contribution in [0.2, 0.25) is 0 Å². The van der Waals surface area contributed by atoms with Crippen LogP contribution in [0.15, 0.2) is 0 Å². The highest BCUT2D eigenvalue weighted by atomic mass is 32.2. The molecule has 4 nitrogen and oxygen atoms in total. The third kappa shape index (κ3) is 3.19. The molecule has 1 aliphatic carbocycles. The fourth-order valence-corrected chi connectivity index (χ4v) is 4.50. The number of rotatable bonds is 5. The molecule has 0 saturated heterocycles. The third-order valence-corrected chi connectivity index (χ3v) is 5.50. The Labute approximate surface area is 131 Å². The molecule has 1 saturated carbocycles. The van der Waals surface area contributed by atoms with Gasteiger partial charge >= 0.3 is 0 Å². The molecule has 1 aromatic rings. The molecule has 1 aromatic heterocycles. The first-order valence-corrected chi connectivity index (χ1v) is 9.23. The molecule has 21 heavy (non-hydrogen) atoms. The molecule has 2 heterocycles. The maximum Gasteiger partial charge on any atom is 0.160 e. The average Bonchev–Trinajstić information content (AvgIpc) is 2.98. The Morgan fingerprint density at radius 1 is 1.24 bits per heavy atom. The Morgan fingerprint density at radius 3 is 2.76 bits per heavy atom. The predicted molar refractivity (Wildman–Crippen MR) is 87.5 cm³/mol. The molecule has 2 aliphatic rings. The summed E-state index contributed by atoms with van der Waals surface area (Å²) < 4.78 is 5.81. The summed E-state index contributed by atoms with van der Waals surface area (Å²) in [4.78, 5) is 9.67. The number of methoxy groups -OCH3 is 1. The quantitative estimate of drug-likeness (QED) is 0.893. The van der Waals surface area contributed by atoms with Crippen LogP contribution in [0.25, 0.3) is 0 Å². The predicted octanol–water partition coefficient (Wildman–Crippen LogP) is 3.92. The molecule has 1 atom stereocenters. The van der Waals surface area contributed by atoms with Crippen LogP contribution in [-0.2, 0) is 16.2 Å². The summed E-state index contributed by atoms with van der Waals surface area (Å²) in [6.07, 6.45) is 6.52. The van der Waals surface area contributed by atoms with Gasteiger partial charge in [-0.05, 0) is 25.7 Å². The van der Waals surface area contributed by atoms with Crippen LogP contribution in [0.1, 0.15) is 62.2 Å². The molecule has 1 unspecified atom stereocenters. The molecule has 1 aliphatic heterocycles. The molecular weight excluding hydrogens is 282 g/mol. The van der Waals surface area contributed by atoms with Gasteiger partial charge in [0.15, 0.2) is 5.82 Å². The summed E-state index contributed by atoms with van der Waals surface area (Å²) >= 11 is 1.92. The highest BCUT2D eigenvalue weighted by molar-refractivity contribution is 7.98. The van der Waals surface area contributed by atoms with Gasteiger partial charge in [0.25, 0.3) is 0 Å². The molecule has 1 fully saturated rings. The van der Waals surface area contributed by atoms with Crippen LogP contribution >= 0.6 is 11.8 Å². The van der Waals surface area contributed by atoms with Gasteiger partial charge in [0, 0.05) is 30.7 Å². The highest BCUT2D eigenvalue weighted by Gasteiger charge is 2.29. The Bertz CT molecular complexity index is 489. The van der Waals surface area contributed by atoms with E-state index in [0.717, 1.165) is 29.7 Å². The van der Waals surface area contributed by atoms with E-state index in [1.165, 1.54) is 43.4 Å². The number of nitrogens with zero attached hydrogens (tertiary/aromatic N) is 2. The van der Waals surface area contributed by atoms with Gasteiger partial charge < -0.3 is 10.1 Å². The zero-order valence-electron chi connectivity index (χ0n) is 13.0. The summed E-state index contributed by atoms with van der Waals surface area (Å²) in [7, 11) is 1.80. The van der Waals surface area contributed by atoms with Crippen molar-refractivity contribution in [2.45, 2.75) is 56.6 Å². The van der Waals surface area contributed by atoms with Crippen LogP contribution in [0.4, 0.5) is 5.82 Å². The van der Waals surface area contributed by atoms with Gasteiger partial charge in [-0.1, -0.05) is 19.3 Å². The number of hydrogen-bond donors (Lipinski definition) is 1. The zero-order chi connectivity index (χ0) is 14.7. The van der Waals surface area contributed by atoms with Crippen LogP contribution in [0.5, 0.6) is 0 Å². The number of fused-ring (bicyclic) bond motifs is 1. The number of hydrogen-bond acceptors (Lipinski definition) is 5. The minimum atomic E-state index is 0.0543. The van der Waals surface area contributed by atoms with E-state index in [0.29, 0.717) is 5.92 Å². The highest BCUT2D eigenvalue weighted by Crippen LogP contribution is 2.38. The van der Waals surface area contributed by atoms with Gasteiger partial charge in [-0.25, -0.2) is 9.97 Å². The fraction of sp³-hybridized carbons (Fsp3) is 0.750.